The van der Waals surface area contributed by atoms with Crippen LogP contribution in [0, 0.1) is 71.0 Å². The van der Waals surface area contributed by atoms with Crippen molar-refractivity contribution < 1.29 is 14.3 Å². The zero-order valence-electron chi connectivity index (χ0n) is 14.3. The molecular weight excluding hydrogens is 300 g/mol. The van der Waals surface area contributed by atoms with Crippen LogP contribution in [0.2, 0.25) is 0 Å². The highest BCUT2D eigenvalue weighted by molar-refractivity contribution is 5.88. The number of fused-ring (bicyclic) bond motifs is 5. The van der Waals surface area contributed by atoms with Crippen LogP contribution >= 0.6 is 0 Å². The van der Waals surface area contributed by atoms with Crippen LogP contribution in [0.15, 0.2) is 0 Å². The van der Waals surface area contributed by atoms with Gasteiger partial charge in [0.2, 0.25) is 0 Å². The second-order valence-corrected chi connectivity index (χ2v) is 10.1. The SMILES string of the molecule is CC(=O)O[C@@H]1[C@H]2[C@@H]3CC[C@H]4C(=O)[C@H]5[C@H]([C@@H]2[C@@H]2[C@@H]1[C@@H]1CCC[C@@H]1[C@@H]52)[C@H]34. The van der Waals surface area contributed by atoms with E-state index in [-0.39, 0.29) is 12.1 Å². The second-order valence-electron chi connectivity index (χ2n) is 10.1. The Bertz CT molecular complexity index is 660. The van der Waals surface area contributed by atoms with Gasteiger partial charge in [0, 0.05) is 30.6 Å². The molecule has 7 aliphatic rings. The predicted octanol–water partition coefficient (Wildman–Crippen LogP) is 2.93. The summed E-state index contributed by atoms with van der Waals surface area (Å²) in [5, 5.41) is 0. The van der Waals surface area contributed by atoms with Crippen molar-refractivity contribution >= 4 is 11.8 Å². The molecule has 3 heteroatoms. The van der Waals surface area contributed by atoms with E-state index < -0.39 is 0 Å². The second kappa shape index (κ2) is 3.94. The van der Waals surface area contributed by atoms with Gasteiger partial charge in [-0.1, -0.05) is 6.42 Å². The van der Waals surface area contributed by atoms with E-state index in [1.165, 1.54) is 25.7 Å². The Hall–Kier alpha value is -0.860. The number of ketones is 1. The molecule has 7 saturated carbocycles. The summed E-state index contributed by atoms with van der Waals surface area (Å²) >= 11 is 0. The van der Waals surface area contributed by atoms with Crippen molar-refractivity contribution in [1.82, 2.24) is 0 Å². The van der Waals surface area contributed by atoms with Gasteiger partial charge in [0.15, 0.2) is 0 Å². The maximum absolute atomic E-state index is 13.3. The lowest BCUT2D eigenvalue weighted by Crippen LogP contribution is -2.35. The first-order chi connectivity index (χ1) is 11.7. The first-order valence-electron chi connectivity index (χ1n) is 10.4. The Balaban J connectivity index is 1.43. The van der Waals surface area contributed by atoms with E-state index in [2.05, 4.69) is 0 Å². The lowest BCUT2D eigenvalue weighted by Gasteiger charge is -2.31. The van der Waals surface area contributed by atoms with Gasteiger partial charge in [0.25, 0.3) is 0 Å². The summed E-state index contributed by atoms with van der Waals surface area (Å²) < 4.78 is 6.08. The van der Waals surface area contributed by atoms with Crippen LogP contribution in [0.1, 0.15) is 39.0 Å². The molecule has 0 N–H and O–H groups in total. The first kappa shape index (κ1) is 13.4. The topological polar surface area (TPSA) is 43.4 Å². The smallest absolute Gasteiger partial charge is 0.302 e. The van der Waals surface area contributed by atoms with Gasteiger partial charge in [-0.25, -0.2) is 0 Å². The van der Waals surface area contributed by atoms with Gasteiger partial charge in [0.1, 0.15) is 11.9 Å². The maximum Gasteiger partial charge on any atom is 0.302 e. The summed E-state index contributed by atoms with van der Waals surface area (Å²) in [6, 6.07) is 0. The molecule has 0 amide bonds. The van der Waals surface area contributed by atoms with Crippen LogP contribution in [0.4, 0.5) is 0 Å². The quantitative estimate of drug-likeness (QED) is 0.696. The van der Waals surface area contributed by atoms with Gasteiger partial charge in [0.05, 0.1) is 0 Å². The molecular formula is C21H26O3. The average molecular weight is 326 g/mol. The Morgan fingerprint density at radius 2 is 1.54 bits per heavy atom. The molecule has 7 rings (SSSR count). The molecule has 0 spiro atoms. The van der Waals surface area contributed by atoms with Crippen LogP contribution in [0.5, 0.6) is 0 Å². The summed E-state index contributed by atoms with van der Waals surface area (Å²) in [6.07, 6.45) is 6.54. The molecule has 24 heavy (non-hydrogen) atoms. The molecule has 0 aromatic carbocycles. The minimum absolute atomic E-state index is 0.0720. The Morgan fingerprint density at radius 1 is 0.833 bits per heavy atom. The summed E-state index contributed by atoms with van der Waals surface area (Å²) in [7, 11) is 0. The Labute approximate surface area is 142 Å². The molecule has 7 aliphatic carbocycles. The van der Waals surface area contributed by atoms with Crippen molar-refractivity contribution in [2.45, 2.75) is 45.1 Å². The van der Waals surface area contributed by atoms with E-state index in [1.54, 1.807) is 6.92 Å². The lowest BCUT2D eigenvalue weighted by atomic mass is 9.77. The molecule has 0 saturated heterocycles. The van der Waals surface area contributed by atoms with Crippen LogP contribution in [-0.2, 0) is 14.3 Å². The third kappa shape index (κ3) is 1.16. The van der Waals surface area contributed by atoms with Gasteiger partial charge in [-0.3, -0.25) is 9.59 Å². The summed E-state index contributed by atoms with van der Waals surface area (Å²) in [5.74, 6) is 8.28. The number of carbonyl (C=O) groups excluding carboxylic acids is 2. The van der Waals surface area contributed by atoms with E-state index in [1.807, 2.05) is 0 Å². The normalized spacial score (nSPS) is 66.4. The van der Waals surface area contributed by atoms with Gasteiger partial charge in [-0.15, -0.1) is 0 Å². The van der Waals surface area contributed by atoms with E-state index >= 15 is 0 Å². The molecule has 128 valence electrons. The van der Waals surface area contributed by atoms with Crippen molar-refractivity contribution in [1.29, 1.82) is 0 Å². The fourth-order valence-electron chi connectivity index (χ4n) is 10.4. The highest BCUT2D eigenvalue weighted by Crippen LogP contribution is 2.81. The Kier molecular flexibility index (Phi) is 2.19. The molecule has 7 fully saturated rings. The molecule has 0 aromatic heterocycles. The fraction of sp³-hybridized carbons (Fsp3) is 0.905. The molecule has 0 radical (unpaired) electrons. The standard InChI is InChI=1S/C21H26O3/c1-7(22)24-21-14-9-4-2-3-8(9)13-17(14)18-15(21)10-5-6-11-12(10)16(18)19(13)20(11)23/h8-19,21H,2-6H2,1H3/t8-,9+,10+,11+,12+,13+,14-,15-,16-,17-,18+,19+,21-/m0/s1. The molecule has 0 aliphatic heterocycles. The van der Waals surface area contributed by atoms with Crippen LogP contribution < -0.4 is 0 Å². The van der Waals surface area contributed by atoms with Gasteiger partial charge >= 0.3 is 5.97 Å². The first-order valence-corrected chi connectivity index (χ1v) is 10.4. The van der Waals surface area contributed by atoms with Crippen LogP contribution in [-0.4, -0.2) is 17.9 Å². The zero-order chi connectivity index (χ0) is 15.9. The number of carbonyl (C=O) groups is 2. The minimum atomic E-state index is -0.0720. The maximum atomic E-state index is 13.3. The van der Waals surface area contributed by atoms with E-state index in [0.29, 0.717) is 53.1 Å². The number of rotatable bonds is 1. The van der Waals surface area contributed by atoms with Crippen molar-refractivity contribution in [3.8, 4) is 0 Å². The summed E-state index contributed by atoms with van der Waals surface area (Å²) in [6.45, 7) is 1.60. The van der Waals surface area contributed by atoms with Crippen molar-refractivity contribution in [3.05, 3.63) is 0 Å². The Morgan fingerprint density at radius 3 is 2.33 bits per heavy atom. The number of Topliss-reactive ketones (excluding diaryl/α,β-unsaturated/α-hetero) is 1. The molecule has 3 nitrogen and oxygen atoms in total. The third-order valence-electron chi connectivity index (χ3n) is 10.1. The van der Waals surface area contributed by atoms with Gasteiger partial charge in [-0.05, 0) is 73.0 Å². The number of hydrogen-bond donors (Lipinski definition) is 0. The third-order valence-corrected chi connectivity index (χ3v) is 10.1. The van der Waals surface area contributed by atoms with E-state index in [9.17, 15) is 9.59 Å². The lowest BCUT2D eigenvalue weighted by molar-refractivity contribution is -0.153. The largest absolute Gasteiger partial charge is 0.462 e. The average Bonchev–Trinajstić information content (AvgIpc) is 3.27. The highest BCUT2D eigenvalue weighted by Gasteiger charge is 2.81. The molecule has 0 unspecified atom stereocenters. The highest BCUT2D eigenvalue weighted by atomic mass is 16.5. The van der Waals surface area contributed by atoms with Crippen molar-refractivity contribution in [3.63, 3.8) is 0 Å². The van der Waals surface area contributed by atoms with E-state index in [4.69, 9.17) is 4.74 Å². The predicted molar refractivity (Wildman–Crippen MR) is 85.5 cm³/mol. The molecule has 0 bridgehead atoms. The molecule has 13 atom stereocenters. The number of esters is 1. The molecule has 0 heterocycles. The summed E-state index contributed by atoms with van der Waals surface area (Å²) in [4.78, 5) is 25.2. The minimum Gasteiger partial charge on any atom is -0.462 e. The number of ether oxygens (including phenoxy) is 1. The van der Waals surface area contributed by atoms with Crippen molar-refractivity contribution in [2.75, 3.05) is 0 Å². The summed E-state index contributed by atoms with van der Waals surface area (Å²) in [5.41, 5.74) is 0. The van der Waals surface area contributed by atoms with E-state index in [0.717, 1.165) is 30.1 Å². The number of hydrogen-bond acceptors (Lipinski definition) is 3. The van der Waals surface area contributed by atoms with Crippen molar-refractivity contribution in [2.24, 2.45) is 71.0 Å². The van der Waals surface area contributed by atoms with Crippen LogP contribution in [0.3, 0.4) is 0 Å². The zero-order valence-corrected chi connectivity index (χ0v) is 14.3. The van der Waals surface area contributed by atoms with Crippen LogP contribution in [0.25, 0.3) is 0 Å². The monoisotopic (exact) mass is 326 g/mol. The van der Waals surface area contributed by atoms with Gasteiger partial charge in [-0.2, -0.15) is 0 Å². The van der Waals surface area contributed by atoms with Gasteiger partial charge < -0.3 is 4.74 Å². The molecule has 0 aromatic rings. The fourth-order valence-corrected chi connectivity index (χ4v) is 10.4.